The van der Waals surface area contributed by atoms with E-state index in [1.807, 2.05) is 55.5 Å². The monoisotopic (exact) mass is 358 g/mol. The van der Waals surface area contributed by atoms with Gasteiger partial charge in [0.25, 0.3) is 0 Å². The van der Waals surface area contributed by atoms with Crippen molar-refractivity contribution in [2.45, 2.75) is 18.9 Å². The maximum atomic E-state index is 12.3. The van der Waals surface area contributed by atoms with Crippen LogP contribution < -0.4 is 11.1 Å². The molecule has 0 aromatic heterocycles. The Morgan fingerprint density at radius 1 is 0.963 bits per heavy atom. The summed E-state index contributed by atoms with van der Waals surface area (Å²) in [6.07, 6.45) is -0.453. The van der Waals surface area contributed by atoms with Crippen molar-refractivity contribution >= 4 is 11.8 Å². The molecule has 0 spiro atoms. The first-order valence-corrected chi connectivity index (χ1v) is 9.11. The molecular formula is C23H22N2O2. The van der Waals surface area contributed by atoms with Crippen LogP contribution in [0.4, 0.5) is 10.5 Å². The van der Waals surface area contributed by atoms with E-state index in [2.05, 4.69) is 29.6 Å². The second-order valence-electron chi connectivity index (χ2n) is 6.86. The molecular weight excluding hydrogens is 336 g/mol. The zero-order valence-electron chi connectivity index (χ0n) is 15.2. The average Bonchev–Trinajstić information content (AvgIpc) is 3.01. The van der Waals surface area contributed by atoms with Crippen LogP contribution in [-0.2, 0) is 4.74 Å². The second kappa shape index (κ2) is 7.25. The van der Waals surface area contributed by atoms with E-state index in [1.54, 1.807) is 0 Å². The molecule has 3 N–H and O–H groups in total. The quantitative estimate of drug-likeness (QED) is 0.684. The number of benzene rings is 3. The zero-order chi connectivity index (χ0) is 18.8. The molecule has 0 aliphatic heterocycles. The molecule has 1 aliphatic rings. The van der Waals surface area contributed by atoms with Crippen LogP contribution in [-0.4, -0.2) is 12.7 Å². The van der Waals surface area contributed by atoms with Gasteiger partial charge in [-0.3, -0.25) is 5.32 Å². The Bertz CT molecular complexity index is 919. The van der Waals surface area contributed by atoms with E-state index < -0.39 is 6.09 Å². The fourth-order valence-electron chi connectivity index (χ4n) is 3.62. The summed E-state index contributed by atoms with van der Waals surface area (Å²) in [6.45, 7) is 2.23. The molecule has 4 rings (SSSR count). The van der Waals surface area contributed by atoms with E-state index in [1.165, 1.54) is 22.3 Å². The standard InChI is InChI=1S/C23H22N2O2/c1-15(24)16-10-12-17(13-11-16)25-23(26)27-14-22-20-8-4-2-6-18(20)19-7-3-5-9-21(19)22/h2-13,15,22H,14,24H2,1H3,(H,25,26)/t15-/m0/s1. The van der Waals surface area contributed by atoms with Crippen molar-refractivity contribution in [3.05, 3.63) is 89.5 Å². The summed E-state index contributed by atoms with van der Waals surface area (Å²) in [5.41, 5.74) is 12.4. The molecule has 0 unspecified atom stereocenters. The van der Waals surface area contributed by atoms with E-state index in [-0.39, 0.29) is 12.0 Å². The largest absolute Gasteiger partial charge is 0.448 e. The number of amides is 1. The van der Waals surface area contributed by atoms with Gasteiger partial charge in [-0.25, -0.2) is 4.79 Å². The summed E-state index contributed by atoms with van der Waals surface area (Å²) in [6, 6.07) is 24.0. The van der Waals surface area contributed by atoms with E-state index in [9.17, 15) is 4.79 Å². The van der Waals surface area contributed by atoms with Crippen molar-refractivity contribution < 1.29 is 9.53 Å². The molecule has 27 heavy (non-hydrogen) atoms. The van der Waals surface area contributed by atoms with Gasteiger partial charge in [0, 0.05) is 17.6 Å². The number of carbonyl (C=O) groups is 1. The lowest BCUT2D eigenvalue weighted by atomic mass is 9.98. The third-order valence-corrected chi connectivity index (χ3v) is 5.03. The minimum absolute atomic E-state index is 0.0338. The maximum Gasteiger partial charge on any atom is 0.411 e. The summed E-state index contributed by atoms with van der Waals surface area (Å²) in [5.74, 6) is 0.0589. The Labute approximate surface area is 159 Å². The summed E-state index contributed by atoms with van der Waals surface area (Å²) in [7, 11) is 0. The lowest BCUT2D eigenvalue weighted by Crippen LogP contribution is -2.18. The van der Waals surface area contributed by atoms with Gasteiger partial charge in [-0.15, -0.1) is 0 Å². The number of nitrogens with two attached hydrogens (primary N) is 1. The zero-order valence-corrected chi connectivity index (χ0v) is 15.2. The maximum absolute atomic E-state index is 12.3. The summed E-state index contributed by atoms with van der Waals surface area (Å²) >= 11 is 0. The van der Waals surface area contributed by atoms with Gasteiger partial charge in [-0.05, 0) is 46.9 Å². The normalized spacial score (nSPS) is 13.6. The smallest absolute Gasteiger partial charge is 0.411 e. The summed E-state index contributed by atoms with van der Waals surface area (Å²) < 4.78 is 5.55. The van der Waals surface area contributed by atoms with E-state index >= 15 is 0 Å². The highest BCUT2D eigenvalue weighted by atomic mass is 16.5. The van der Waals surface area contributed by atoms with Crippen LogP contribution in [0.1, 0.15) is 35.6 Å². The molecule has 0 saturated heterocycles. The first kappa shape index (κ1) is 17.3. The molecule has 3 aromatic rings. The number of anilines is 1. The van der Waals surface area contributed by atoms with E-state index in [0.717, 1.165) is 5.56 Å². The van der Waals surface area contributed by atoms with Gasteiger partial charge in [0.2, 0.25) is 0 Å². The van der Waals surface area contributed by atoms with Crippen molar-refractivity contribution in [3.8, 4) is 11.1 Å². The lowest BCUT2D eigenvalue weighted by molar-refractivity contribution is 0.158. The third-order valence-electron chi connectivity index (χ3n) is 5.03. The van der Waals surface area contributed by atoms with Crippen LogP contribution >= 0.6 is 0 Å². The van der Waals surface area contributed by atoms with Crippen LogP contribution in [0.5, 0.6) is 0 Å². The van der Waals surface area contributed by atoms with Gasteiger partial charge in [-0.2, -0.15) is 0 Å². The predicted octanol–water partition coefficient (Wildman–Crippen LogP) is 5.07. The molecule has 136 valence electrons. The van der Waals surface area contributed by atoms with Crippen molar-refractivity contribution in [1.82, 2.24) is 0 Å². The SMILES string of the molecule is C[C@H](N)c1ccc(NC(=O)OCC2c3ccccc3-c3ccccc32)cc1. The average molecular weight is 358 g/mol. The number of fused-ring (bicyclic) bond motifs is 3. The number of rotatable bonds is 4. The van der Waals surface area contributed by atoms with Crippen LogP contribution in [0.3, 0.4) is 0 Å². The van der Waals surface area contributed by atoms with Crippen molar-refractivity contribution in [3.63, 3.8) is 0 Å². The Balaban J connectivity index is 1.45. The van der Waals surface area contributed by atoms with Crippen molar-refractivity contribution in [1.29, 1.82) is 0 Å². The summed E-state index contributed by atoms with van der Waals surface area (Å²) in [4.78, 5) is 12.3. The molecule has 1 aliphatic carbocycles. The first-order valence-electron chi connectivity index (χ1n) is 9.11. The highest BCUT2D eigenvalue weighted by Crippen LogP contribution is 2.44. The fourth-order valence-corrected chi connectivity index (χ4v) is 3.62. The molecule has 0 heterocycles. The first-order chi connectivity index (χ1) is 13.1. The minimum atomic E-state index is -0.453. The van der Waals surface area contributed by atoms with Gasteiger partial charge in [0.1, 0.15) is 6.61 Å². The molecule has 3 aromatic carbocycles. The molecule has 4 heteroatoms. The fraction of sp³-hybridized carbons (Fsp3) is 0.174. The topological polar surface area (TPSA) is 64.3 Å². The van der Waals surface area contributed by atoms with E-state index in [0.29, 0.717) is 12.3 Å². The molecule has 0 bridgehead atoms. The number of carbonyl (C=O) groups excluding carboxylic acids is 1. The third kappa shape index (κ3) is 3.44. The highest BCUT2D eigenvalue weighted by molar-refractivity contribution is 5.85. The van der Waals surface area contributed by atoms with Gasteiger partial charge >= 0.3 is 6.09 Å². The van der Waals surface area contributed by atoms with Crippen LogP contribution in [0.25, 0.3) is 11.1 Å². The molecule has 1 amide bonds. The molecule has 1 atom stereocenters. The number of hydrogen-bond donors (Lipinski definition) is 2. The Kier molecular flexibility index (Phi) is 4.65. The minimum Gasteiger partial charge on any atom is -0.448 e. The second-order valence-corrected chi connectivity index (χ2v) is 6.86. The lowest BCUT2D eigenvalue weighted by Gasteiger charge is -2.15. The van der Waals surface area contributed by atoms with Gasteiger partial charge in [0.15, 0.2) is 0 Å². The Morgan fingerprint density at radius 2 is 1.52 bits per heavy atom. The molecule has 0 fully saturated rings. The molecule has 4 nitrogen and oxygen atoms in total. The van der Waals surface area contributed by atoms with Crippen LogP contribution in [0.2, 0.25) is 0 Å². The molecule has 0 saturated carbocycles. The number of hydrogen-bond acceptors (Lipinski definition) is 3. The van der Waals surface area contributed by atoms with Crippen molar-refractivity contribution in [2.75, 3.05) is 11.9 Å². The van der Waals surface area contributed by atoms with Crippen LogP contribution in [0.15, 0.2) is 72.8 Å². The van der Waals surface area contributed by atoms with Gasteiger partial charge < -0.3 is 10.5 Å². The predicted molar refractivity (Wildman–Crippen MR) is 108 cm³/mol. The van der Waals surface area contributed by atoms with Gasteiger partial charge in [0.05, 0.1) is 0 Å². The van der Waals surface area contributed by atoms with Crippen LogP contribution in [0, 0.1) is 0 Å². The Morgan fingerprint density at radius 3 is 2.07 bits per heavy atom. The highest BCUT2D eigenvalue weighted by Gasteiger charge is 2.28. The Hall–Kier alpha value is -3.11. The number of nitrogens with one attached hydrogen (secondary N) is 1. The van der Waals surface area contributed by atoms with E-state index in [4.69, 9.17) is 10.5 Å². The number of ether oxygens (including phenoxy) is 1. The summed E-state index contributed by atoms with van der Waals surface area (Å²) in [5, 5.41) is 2.78. The van der Waals surface area contributed by atoms with Gasteiger partial charge in [-0.1, -0.05) is 60.7 Å². The molecule has 0 radical (unpaired) electrons. The van der Waals surface area contributed by atoms with Crippen molar-refractivity contribution in [2.24, 2.45) is 5.73 Å².